The van der Waals surface area contributed by atoms with E-state index in [0.717, 1.165) is 5.56 Å². The van der Waals surface area contributed by atoms with Gasteiger partial charge in [0.15, 0.2) is 5.13 Å². The number of anilines is 1. The Balaban J connectivity index is 1.83. The number of benzene rings is 1. The number of carbonyl (C=O) groups excluding carboxylic acids is 3. The molecule has 0 saturated heterocycles. The first-order valence-corrected chi connectivity index (χ1v) is 9.30. The van der Waals surface area contributed by atoms with E-state index in [1.165, 1.54) is 17.4 Å². The van der Waals surface area contributed by atoms with Crippen LogP contribution in [0.3, 0.4) is 0 Å². The third-order valence-electron chi connectivity index (χ3n) is 3.39. The smallest absolute Gasteiger partial charge is 0.311 e. The summed E-state index contributed by atoms with van der Waals surface area (Å²) in [5.41, 5.74) is 1.41. The maximum absolute atomic E-state index is 12.2. The number of esters is 1. The fourth-order valence-corrected chi connectivity index (χ4v) is 2.80. The van der Waals surface area contributed by atoms with Crippen molar-refractivity contribution in [1.29, 1.82) is 0 Å². The van der Waals surface area contributed by atoms with Crippen LogP contribution in [0.4, 0.5) is 5.13 Å². The normalized spacial score (nSPS) is 11.8. The minimum atomic E-state index is -0.740. The molecule has 0 saturated carbocycles. The lowest BCUT2D eigenvalue weighted by molar-refractivity contribution is -0.142. The lowest BCUT2D eigenvalue weighted by Crippen LogP contribution is -2.40. The van der Waals surface area contributed by atoms with Gasteiger partial charge in [-0.25, -0.2) is 4.98 Å². The number of aromatic nitrogens is 1. The second-order valence-electron chi connectivity index (χ2n) is 5.59. The minimum absolute atomic E-state index is 0.0524. The molecule has 2 aromatic rings. The van der Waals surface area contributed by atoms with E-state index in [0.29, 0.717) is 17.4 Å². The summed E-state index contributed by atoms with van der Waals surface area (Å²) < 4.78 is 4.86. The van der Waals surface area contributed by atoms with Crippen LogP contribution in [0.2, 0.25) is 0 Å². The van der Waals surface area contributed by atoms with Crippen molar-refractivity contribution in [3.63, 3.8) is 0 Å². The van der Waals surface area contributed by atoms with Gasteiger partial charge in [0.05, 0.1) is 18.7 Å². The molecule has 0 fully saturated rings. The van der Waals surface area contributed by atoms with Crippen LogP contribution in [0.5, 0.6) is 0 Å². The van der Waals surface area contributed by atoms with Crippen molar-refractivity contribution in [1.82, 2.24) is 10.3 Å². The molecule has 2 rings (SSSR count). The van der Waals surface area contributed by atoms with E-state index in [4.69, 9.17) is 4.74 Å². The Morgan fingerprint density at radius 2 is 2.00 bits per heavy atom. The van der Waals surface area contributed by atoms with Crippen LogP contribution in [-0.4, -0.2) is 35.4 Å². The zero-order valence-electron chi connectivity index (χ0n) is 15.1. The fraction of sp³-hybridized carbons (Fsp3) is 0.263. The largest absolute Gasteiger partial charge is 0.466 e. The van der Waals surface area contributed by atoms with Crippen molar-refractivity contribution in [2.24, 2.45) is 0 Å². The SMILES string of the molecule is CCOC(=O)Cc1csc(NC(=O)C(C)NC(=O)C=Cc2ccccc2)n1. The first-order chi connectivity index (χ1) is 13.0. The molecule has 1 heterocycles. The van der Waals surface area contributed by atoms with Gasteiger partial charge in [-0.2, -0.15) is 0 Å². The van der Waals surface area contributed by atoms with E-state index < -0.39 is 11.9 Å². The summed E-state index contributed by atoms with van der Waals surface area (Å²) in [7, 11) is 0. The molecule has 0 aliphatic carbocycles. The first-order valence-electron chi connectivity index (χ1n) is 8.42. The van der Waals surface area contributed by atoms with Gasteiger partial charge in [0.25, 0.3) is 0 Å². The molecular formula is C19H21N3O4S. The summed E-state index contributed by atoms with van der Waals surface area (Å²) in [4.78, 5) is 39.7. The van der Waals surface area contributed by atoms with Crippen LogP contribution in [0, 0.1) is 0 Å². The van der Waals surface area contributed by atoms with Gasteiger partial charge in [0, 0.05) is 11.5 Å². The fourth-order valence-electron chi connectivity index (χ4n) is 2.08. The number of nitrogens with one attached hydrogen (secondary N) is 2. The van der Waals surface area contributed by atoms with Crippen LogP contribution in [0.15, 0.2) is 41.8 Å². The lowest BCUT2D eigenvalue weighted by atomic mass is 10.2. The van der Waals surface area contributed by atoms with Gasteiger partial charge in [-0.05, 0) is 25.5 Å². The van der Waals surface area contributed by atoms with Gasteiger partial charge in [-0.3, -0.25) is 14.4 Å². The van der Waals surface area contributed by atoms with Gasteiger partial charge in [-0.1, -0.05) is 30.3 Å². The molecule has 0 bridgehead atoms. The van der Waals surface area contributed by atoms with E-state index in [1.54, 1.807) is 25.3 Å². The number of hydrogen-bond donors (Lipinski definition) is 2. The molecule has 1 aromatic heterocycles. The molecule has 8 heteroatoms. The van der Waals surface area contributed by atoms with Gasteiger partial charge in [0.2, 0.25) is 11.8 Å². The Morgan fingerprint density at radius 3 is 2.70 bits per heavy atom. The van der Waals surface area contributed by atoms with Crippen molar-refractivity contribution in [2.75, 3.05) is 11.9 Å². The van der Waals surface area contributed by atoms with Gasteiger partial charge < -0.3 is 15.4 Å². The van der Waals surface area contributed by atoms with Crippen molar-refractivity contribution >= 4 is 40.3 Å². The highest BCUT2D eigenvalue weighted by molar-refractivity contribution is 7.13. The average Bonchev–Trinajstić information content (AvgIpc) is 3.07. The molecule has 0 aliphatic heterocycles. The van der Waals surface area contributed by atoms with E-state index >= 15 is 0 Å². The van der Waals surface area contributed by atoms with E-state index in [-0.39, 0.29) is 18.3 Å². The Morgan fingerprint density at radius 1 is 1.26 bits per heavy atom. The summed E-state index contributed by atoms with van der Waals surface area (Å²) in [6.45, 7) is 3.62. The summed E-state index contributed by atoms with van der Waals surface area (Å²) in [5.74, 6) is -1.14. The Labute approximate surface area is 161 Å². The van der Waals surface area contributed by atoms with Crippen LogP contribution in [-0.2, 0) is 25.5 Å². The number of carbonyl (C=O) groups is 3. The highest BCUT2D eigenvalue weighted by atomic mass is 32.1. The zero-order chi connectivity index (χ0) is 19.6. The van der Waals surface area contributed by atoms with Crippen LogP contribution in [0.25, 0.3) is 6.08 Å². The summed E-state index contributed by atoms with van der Waals surface area (Å²) in [6.07, 6.45) is 3.10. The molecule has 0 aliphatic rings. The second-order valence-corrected chi connectivity index (χ2v) is 6.45. The molecule has 1 atom stereocenters. The van der Waals surface area contributed by atoms with Crippen LogP contribution in [0.1, 0.15) is 25.1 Å². The number of thiazole rings is 1. The first kappa shape index (κ1) is 20.3. The molecule has 7 nitrogen and oxygen atoms in total. The number of amides is 2. The van der Waals surface area contributed by atoms with Crippen molar-refractivity contribution in [3.05, 3.63) is 53.0 Å². The van der Waals surface area contributed by atoms with Crippen molar-refractivity contribution in [3.8, 4) is 0 Å². The van der Waals surface area contributed by atoms with Crippen molar-refractivity contribution in [2.45, 2.75) is 26.3 Å². The van der Waals surface area contributed by atoms with Crippen LogP contribution < -0.4 is 10.6 Å². The van der Waals surface area contributed by atoms with E-state index in [1.807, 2.05) is 30.3 Å². The maximum Gasteiger partial charge on any atom is 0.311 e. The summed E-state index contributed by atoms with van der Waals surface area (Å²) in [5, 5.41) is 7.26. The lowest BCUT2D eigenvalue weighted by Gasteiger charge is -2.11. The standard InChI is InChI=1S/C19H21N3O4S/c1-3-26-17(24)11-15-12-27-19(21-15)22-18(25)13(2)20-16(23)10-9-14-7-5-4-6-8-14/h4-10,12-13H,3,11H2,1-2H3,(H,20,23)(H,21,22,25). The molecule has 142 valence electrons. The second kappa shape index (κ2) is 10.2. The predicted octanol–water partition coefficient (Wildman–Crippen LogP) is 2.41. The Kier molecular flexibility index (Phi) is 7.69. The zero-order valence-corrected chi connectivity index (χ0v) is 15.9. The third-order valence-corrected chi connectivity index (χ3v) is 4.20. The third kappa shape index (κ3) is 7.02. The minimum Gasteiger partial charge on any atom is -0.466 e. The molecular weight excluding hydrogens is 366 g/mol. The molecule has 27 heavy (non-hydrogen) atoms. The average molecular weight is 387 g/mol. The molecule has 2 amide bonds. The maximum atomic E-state index is 12.2. The van der Waals surface area contributed by atoms with Gasteiger partial charge in [0.1, 0.15) is 6.04 Å². The van der Waals surface area contributed by atoms with E-state index in [9.17, 15) is 14.4 Å². The highest BCUT2D eigenvalue weighted by Crippen LogP contribution is 2.16. The number of rotatable bonds is 8. The molecule has 0 radical (unpaired) electrons. The Hall–Kier alpha value is -3.00. The highest BCUT2D eigenvalue weighted by Gasteiger charge is 2.16. The number of ether oxygens (including phenoxy) is 1. The molecule has 1 aromatic carbocycles. The summed E-state index contributed by atoms with van der Waals surface area (Å²) >= 11 is 1.20. The molecule has 0 spiro atoms. The Bertz CT molecular complexity index is 817. The molecule has 2 N–H and O–H groups in total. The van der Waals surface area contributed by atoms with Gasteiger partial charge in [-0.15, -0.1) is 11.3 Å². The topological polar surface area (TPSA) is 97.4 Å². The number of hydrogen-bond acceptors (Lipinski definition) is 6. The predicted molar refractivity (Wildman–Crippen MR) is 104 cm³/mol. The number of nitrogens with zero attached hydrogens (tertiary/aromatic N) is 1. The quantitative estimate of drug-likeness (QED) is 0.535. The van der Waals surface area contributed by atoms with Crippen molar-refractivity contribution < 1.29 is 19.1 Å². The van der Waals surface area contributed by atoms with Gasteiger partial charge >= 0.3 is 5.97 Å². The molecule has 1 unspecified atom stereocenters. The summed E-state index contributed by atoms with van der Waals surface area (Å²) in [6, 6.07) is 8.64. The van der Waals surface area contributed by atoms with Crippen LogP contribution >= 0.6 is 11.3 Å². The monoisotopic (exact) mass is 387 g/mol. The van der Waals surface area contributed by atoms with E-state index in [2.05, 4.69) is 15.6 Å².